The summed E-state index contributed by atoms with van der Waals surface area (Å²) in [6.07, 6.45) is 6.07. The molecule has 3 heteroatoms. The highest BCUT2D eigenvalue weighted by atomic mass is 16.1. The van der Waals surface area contributed by atoms with Crippen LogP contribution in [0.4, 0.5) is 0 Å². The Labute approximate surface area is 127 Å². The summed E-state index contributed by atoms with van der Waals surface area (Å²) in [5.74, 6) is 6.35. The zero-order valence-corrected chi connectivity index (χ0v) is 12.7. The third kappa shape index (κ3) is 4.61. The van der Waals surface area contributed by atoms with Crippen LogP contribution in [0.15, 0.2) is 24.3 Å². The number of rotatable bonds is 2. The van der Waals surface area contributed by atoms with E-state index in [1.165, 1.54) is 25.7 Å². The first-order chi connectivity index (χ1) is 10.2. The molecule has 1 aliphatic carbocycles. The summed E-state index contributed by atoms with van der Waals surface area (Å²) in [4.78, 5) is 12.3. The van der Waals surface area contributed by atoms with Crippen molar-refractivity contribution in [1.29, 1.82) is 0 Å². The monoisotopic (exact) mass is 284 g/mol. The maximum Gasteiger partial charge on any atom is 0.251 e. The van der Waals surface area contributed by atoms with Crippen LogP contribution in [0.3, 0.4) is 0 Å². The summed E-state index contributed by atoms with van der Waals surface area (Å²) >= 11 is 0. The number of hydrogen-bond acceptors (Lipinski definition) is 2. The molecule has 3 N–H and O–H groups in total. The van der Waals surface area contributed by atoms with Crippen molar-refractivity contribution in [1.82, 2.24) is 5.32 Å². The van der Waals surface area contributed by atoms with Gasteiger partial charge in [-0.2, -0.15) is 0 Å². The van der Waals surface area contributed by atoms with Crippen molar-refractivity contribution in [3.8, 4) is 11.8 Å². The van der Waals surface area contributed by atoms with E-state index in [0.29, 0.717) is 24.1 Å². The number of nitrogens with one attached hydrogen (secondary N) is 1. The summed E-state index contributed by atoms with van der Waals surface area (Å²) in [5.41, 5.74) is 6.93. The van der Waals surface area contributed by atoms with Crippen LogP contribution >= 0.6 is 0 Å². The quantitative estimate of drug-likeness (QED) is 0.648. The number of carbonyl (C=O) groups excluding carboxylic acids is 1. The SMILES string of the molecule is CC1CCCCCC1NC(=O)c1ccc(C#CCN)cc1. The first-order valence-corrected chi connectivity index (χ1v) is 7.80. The van der Waals surface area contributed by atoms with Crippen LogP contribution in [-0.2, 0) is 0 Å². The number of carbonyl (C=O) groups is 1. The standard InChI is InChI=1S/C18H24N2O/c1-14-6-3-2-4-8-17(14)20-18(21)16-11-9-15(10-12-16)7-5-13-19/h9-12,14,17H,2-4,6,8,13,19H2,1H3,(H,20,21). The molecule has 112 valence electrons. The van der Waals surface area contributed by atoms with Crippen LogP contribution in [0.5, 0.6) is 0 Å². The van der Waals surface area contributed by atoms with Gasteiger partial charge in [-0.05, 0) is 43.0 Å². The molecule has 1 aromatic rings. The molecule has 1 saturated carbocycles. The Kier molecular flexibility index (Phi) is 5.83. The maximum atomic E-state index is 12.3. The van der Waals surface area contributed by atoms with Crippen molar-refractivity contribution in [3.63, 3.8) is 0 Å². The van der Waals surface area contributed by atoms with E-state index in [-0.39, 0.29) is 5.91 Å². The zero-order valence-electron chi connectivity index (χ0n) is 12.7. The Morgan fingerprint density at radius 2 is 1.95 bits per heavy atom. The van der Waals surface area contributed by atoms with E-state index in [9.17, 15) is 4.79 Å². The molecule has 0 heterocycles. The molecule has 0 aromatic heterocycles. The van der Waals surface area contributed by atoms with Crippen LogP contribution in [0.2, 0.25) is 0 Å². The summed E-state index contributed by atoms with van der Waals surface area (Å²) in [7, 11) is 0. The van der Waals surface area contributed by atoms with Gasteiger partial charge < -0.3 is 11.1 Å². The Morgan fingerprint density at radius 1 is 1.24 bits per heavy atom. The third-order valence-corrected chi connectivity index (χ3v) is 4.16. The molecule has 0 bridgehead atoms. The predicted octanol–water partition coefficient (Wildman–Crippen LogP) is 2.70. The zero-order chi connectivity index (χ0) is 15.1. The van der Waals surface area contributed by atoms with Gasteiger partial charge >= 0.3 is 0 Å². The van der Waals surface area contributed by atoms with Gasteiger partial charge in [0.1, 0.15) is 0 Å². The lowest BCUT2D eigenvalue weighted by atomic mass is 9.96. The van der Waals surface area contributed by atoms with E-state index in [2.05, 4.69) is 24.1 Å². The Balaban J connectivity index is 1.99. The maximum absolute atomic E-state index is 12.3. The van der Waals surface area contributed by atoms with Crippen molar-refractivity contribution in [2.45, 2.75) is 45.1 Å². The van der Waals surface area contributed by atoms with E-state index in [1.54, 1.807) is 0 Å². The second-order valence-corrected chi connectivity index (χ2v) is 5.78. The predicted molar refractivity (Wildman–Crippen MR) is 85.9 cm³/mol. The average Bonchev–Trinajstić information content (AvgIpc) is 2.70. The number of benzene rings is 1. The molecular weight excluding hydrogens is 260 g/mol. The highest BCUT2D eigenvalue weighted by molar-refractivity contribution is 5.94. The highest BCUT2D eigenvalue weighted by Gasteiger charge is 2.21. The second-order valence-electron chi connectivity index (χ2n) is 5.78. The summed E-state index contributed by atoms with van der Waals surface area (Å²) in [6.45, 7) is 2.59. The molecule has 1 aliphatic rings. The van der Waals surface area contributed by atoms with Crippen molar-refractivity contribution >= 4 is 5.91 Å². The van der Waals surface area contributed by atoms with Gasteiger partial charge in [-0.25, -0.2) is 0 Å². The van der Waals surface area contributed by atoms with Crippen LogP contribution < -0.4 is 11.1 Å². The van der Waals surface area contributed by atoms with Gasteiger partial charge in [0.2, 0.25) is 0 Å². The number of nitrogens with two attached hydrogens (primary N) is 1. The minimum absolute atomic E-state index is 0.0204. The van der Waals surface area contributed by atoms with Crippen LogP contribution in [-0.4, -0.2) is 18.5 Å². The molecule has 1 amide bonds. The molecule has 2 unspecified atom stereocenters. The molecule has 2 atom stereocenters. The third-order valence-electron chi connectivity index (χ3n) is 4.16. The van der Waals surface area contributed by atoms with Crippen LogP contribution in [0.25, 0.3) is 0 Å². The lowest BCUT2D eigenvalue weighted by Crippen LogP contribution is -2.38. The van der Waals surface area contributed by atoms with Gasteiger partial charge in [-0.1, -0.05) is 38.0 Å². The average molecular weight is 284 g/mol. The molecule has 1 aromatic carbocycles. The minimum atomic E-state index is 0.0204. The summed E-state index contributed by atoms with van der Waals surface area (Å²) in [5, 5.41) is 3.19. The van der Waals surface area contributed by atoms with Gasteiger partial charge in [0.05, 0.1) is 6.54 Å². The first-order valence-electron chi connectivity index (χ1n) is 7.80. The van der Waals surface area contributed by atoms with Crippen molar-refractivity contribution in [3.05, 3.63) is 35.4 Å². The van der Waals surface area contributed by atoms with Gasteiger partial charge in [0.15, 0.2) is 0 Å². The van der Waals surface area contributed by atoms with E-state index in [0.717, 1.165) is 12.0 Å². The highest BCUT2D eigenvalue weighted by Crippen LogP contribution is 2.23. The Bertz CT molecular complexity index is 524. The van der Waals surface area contributed by atoms with Gasteiger partial charge in [0, 0.05) is 17.2 Å². The van der Waals surface area contributed by atoms with E-state index in [4.69, 9.17) is 5.73 Å². The van der Waals surface area contributed by atoms with Gasteiger partial charge in [-0.15, -0.1) is 0 Å². The van der Waals surface area contributed by atoms with Crippen LogP contribution in [0.1, 0.15) is 54.9 Å². The fourth-order valence-electron chi connectivity index (χ4n) is 2.82. The van der Waals surface area contributed by atoms with Crippen molar-refractivity contribution < 1.29 is 4.79 Å². The number of amides is 1. The second kappa shape index (κ2) is 7.85. The van der Waals surface area contributed by atoms with Crippen LogP contribution in [0, 0.1) is 17.8 Å². The smallest absolute Gasteiger partial charge is 0.251 e. The normalized spacial score (nSPS) is 21.8. The molecular formula is C18H24N2O. The molecule has 0 radical (unpaired) electrons. The molecule has 2 rings (SSSR count). The van der Waals surface area contributed by atoms with E-state index < -0.39 is 0 Å². The molecule has 1 fully saturated rings. The molecule has 21 heavy (non-hydrogen) atoms. The topological polar surface area (TPSA) is 55.1 Å². The number of hydrogen-bond donors (Lipinski definition) is 2. The van der Waals surface area contributed by atoms with E-state index >= 15 is 0 Å². The lowest BCUT2D eigenvalue weighted by Gasteiger charge is -2.22. The molecule has 0 aliphatic heterocycles. The first kappa shape index (κ1) is 15.6. The summed E-state index contributed by atoms with van der Waals surface area (Å²) in [6, 6.07) is 7.70. The molecule has 0 spiro atoms. The fourth-order valence-corrected chi connectivity index (χ4v) is 2.82. The van der Waals surface area contributed by atoms with Gasteiger partial charge in [-0.3, -0.25) is 4.79 Å². The molecule has 0 saturated heterocycles. The summed E-state index contributed by atoms with van der Waals surface area (Å²) < 4.78 is 0. The van der Waals surface area contributed by atoms with Gasteiger partial charge in [0.25, 0.3) is 5.91 Å². The van der Waals surface area contributed by atoms with Crippen molar-refractivity contribution in [2.75, 3.05) is 6.54 Å². The Morgan fingerprint density at radius 3 is 2.67 bits per heavy atom. The van der Waals surface area contributed by atoms with E-state index in [1.807, 2.05) is 24.3 Å². The fraction of sp³-hybridized carbons (Fsp3) is 0.500. The molecule has 3 nitrogen and oxygen atoms in total. The Hall–Kier alpha value is -1.79. The minimum Gasteiger partial charge on any atom is -0.349 e. The lowest BCUT2D eigenvalue weighted by molar-refractivity contribution is 0.0921. The largest absolute Gasteiger partial charge is 0.349 e. The van der Waals surface area contributed by atoms with Crippen molar-refractivity contribution in [2.24, 2.45) is 11.7 Å².